The van der Waals surface area contributed by atoms with E-state index in [0.29, 0.717) is 18.0 Å². The summed E-state index contributed by atoms with van der Waals surface area (Å²) in [6.45, 7) is 5.43. The molecular formula is C21H22F3N3O3S. The summed E-state index contributed by atoms with van der Waals surface area (Å²) in [5.74, 6) is 1.61. The fourth-order valence-electron chi connectivity index (χ4n) is 3.51. The minimum atomic E-state index is -4.88. The number of halogens is 3. The van der Waals surface area contributed by atoms with Crippen LogP contribution in [-0.4, -0.2) is 54.4 Å². The number of alkyl halides is 3. The Balaban J connectivity index is 2.04. The zero-order chi connectivity index (χ0) is 22.8. The highest BCUT2D eigenvalue weighted by molar-refractivity contribution is 7.10. The maximum absolute atomic E-state index is 13.4. The summed E-state index contributed by atoms with van der Waals surface area (Å²) in [6, 6.07) is 3.81. The molecule has 1 aliphatic heterocycles. The van der Waals surface area contributed by atoms with Crippen molar-refractivity contribution >= 4 is 22.9 Å². The third-order valence-electron chi connectivity index (χ3n) is 4.97. The minimum absolute atomic E-state index is 0.135. The number of anilines is 1. The van der Waals surface area contributed by atoms with E-state index in [9.17, 15) is 18.0 Å². The fraction of sp³-hybridized carbons (Fsp3) is 0.429. The molecule has 2 aromatic rings. The van der Waals surface area contributed by atoms with Gasteiger partial charge < -0.3 is 14.4 Å². The molecule has 0 radical (unpaired) electrons. The number of rotatable bonds is 6. The molecule has 0 bridgehead atoms. The predicted octanol–water partition coefficient (Wildman–Crippen LogP) is 4.16. The lowest BCUT2D eigenvalue weighted by molar-refractivity contribution is -0.274. The van der Waals surface area contributed by atoms with Crippen molar-refractivity contribution in [2.75, 3.05) is 25.1 Å². The SMILES string of the molecule is C#Cc1nc(C(=O)N(c2cc(OC)cc(OC(F)(F)F)c2)[C@@H]2CCN(C(C)C)C2)cs1. The molecule has 3 rings (SSSR count). The van der Waals surface area contributed by atoms with Crippen LogP contribution in [0.4, 0.5) is 18.9 Å². The molecule has 1 saturated heterocycles. The molecule has 0 unspecified atom stereocenters. The second-order valence-corrected chi connectivity index (χ2v) is 8.16. The lowest BCUT2D eigenvalue weighted by atomic mass is 10.1. The molecule has 166 valence electrons. The number of likely N-dealkylation sites (tertiary alicyclic amines) is 1. The highest BCUT2D eigenvalue weighted by Crippen LogP contribution is 2.35. The van der Waals surface area contributed by atoms with Gasteiger partial charge in [-0.1, -0.05) is 0 Å². The van der Waals surface area contributed by atoms with Gasteiger partial charge in [0.05, 0.1) is 18.8 Å². The first-order valence-corrected chi connectivity index (χ1v) is 10.4. The highest BCUT2D eigenvalue weighted by Gasteiger charge is 2.36. The number of nitrogens with zero attached hydrogens (tertiary/aromatic N) is 3. The first-order valence-electron chi connectivity index (χ1n) is 9.56. The molecule has 1 amide bonds. The third-order valence-corrected chi connectivity index (χ3v) is 5.74. The summed E-state index contributed by atoms with van der Waals surface area (Å²) < 4.78 is 47.8. The molecule has 6 nitrogen and oxygen atoms in total. The van der Waals surface area contributed by atoms with Crippen LogP contribution in [0.15, 0.2) is 23.6 Å². The standard InChI is InChI=1S/C21H22F3N3O3S/c1-5-19-25-18(12-31-19)20(28)27(14-6-7-26(11-14)13(2)3)15-8-16(29-4)10-17(9-15)30-21(22,23)24/h1,8-10,12-14H,6-7,11H2,2-4H3/t14-/m1/s1. The molecule has 1 aliphatic rings. The largest absolute Gasteiger partial charge is 0.573 e. The van der Waals surface area contributed by atoms with Crippen molar-refractivity contribution in [3.8, 4) is 23.8 Å². The normalized spacial score (nSPS) is 16.9. The van der Waals surface area contributed by atoms with Crippen molar-refractivity contribution in [3.05, 3.63) is 34.3 Å². The van der Waals surface area contributed by atoms with Gasteiger partial charge in [-0.3, -0.25) is 9.69 Å². The van der Waals surface area contributed by atoms with Crippen LogP contribution in [0.2, 0.25) is 0 Å². The Bertz CT molecular complexity index is 984. The van der Waals surface area contributed by atoms with Crippen LogP contribution >= 0.6 is 11.3 Å². The zero-order valence-electron chi connectivity index (χ0n) is 17.3. The van der Waals surface area contributed by atoms with Gasteiger partial charge in [-0.05, 0) is 26.2 Å². The number of terminal acetylenes is 1. The van der Waals surface area contributed by atoms with Gasteiger partial charge in [-0.25, -0.2) is 4.98 Å². The van der Waals surface area contributed by atoms with Crippen LogP contribution in [0, 0.1) is 12.3 Å². The Morgan fingerprint density at radius 3 is 2.61 bits per heavy atom. The van der Waals surface area contributed by atoms with Gasteiger partial charge in [-0.15, -0.1) is 30.9 Å². The van der Waals surface area contributed by atoms with Crippen molar-refractivity contribution in [1.82, 2.24) is 9.88 Å². The number of aromatic nitrogens is 1. The quantitative estimate of drug-likeness (QED) is 0.615. The Hall–Kier alpha value is -2.77. The molecule has 0 aliphatic carbocycles. The van der Waals surface area contributed by atoms with Gasteiger partial charge in [0, 0.05) is 42.7 Å². The number of carbonyl (C=O) groups excluding carboxylic acids is 1. The Morgan fingerprint density at radius 1 is 1.35 bits per heavy atom. The van der Waals surface area contributed by atoms with E-state index in [4.69, 9.17) is 11.2 Å². The maximum Gasteiger partial charge on any atom is 0.573 e. The summed E-state index contributed by atoms with van der Waals surface area (Å²) in [5, 5.41) is 1.90. The van der Waals surface area contributed by atoms with E-state index in [1.807, 2.05) is 0 Å². The topological polar surface area (TPSA) is 54.9 Å². The second kappa shape index (κ2) is 9.16. The Labute approximate surface area is 182 Å². The number of hydrogen-bond acceptors (Lipinski definition) is 6. The van der Waals surface area contributed by atoms with Gasteiger partial charge in [0.15, 0.2) is 5.01 Å². The molecule has 2 heterocycles. The van der Waals surface area contributed by atoms with E-state index in [0.717, 1.165) is 23.9 Å². The van der Waals surface area contributed by atoms with Crippen LogP contribution in [0.3, 0.4) is 0 Å². The number of amides is 1. The summed E-state index contributed by atoms with van der Waals surface area (Å²) >= 11 is 1.15. The lowest BCUT2D eigenvalue weighted by Crippen LogP contribution is -2.43. The average Bonchev–Trinajstić information content (AvgIpc) is 3.36. The van der Waals surface area contributed by atoms with Crippen molar-refractivity contribution in [3.63, 3.8) is 0 Å². The van der Waals surface area contributed by atoms with E-state index < -0.39 is 18.0 Å². The molecule has 1 fully saturated rings. The van der Waals surface area contributed by atoms with Gasteiger partial charge in [0.1, 0.15) is 17.2 Å². The predicted molar refractivity (Wildman–Crippen MR) is 112 cm³/mol. The first kappa shape index (κ1) is 22.9. The third kappa shape index (κ3) is 5.48. The van der Waals surface area contributed by atoms with Crippen LogP contribution in [0.5, 0.6) is 11.5 Å². The van der Waals surface area contributed by atoms with Gasteiger partial charge in [-0.2, -0.15) is 0 Å². The Kier molecular flexibility index (Phi) is 6.77. The van der Waals surface area contributed by atoms with Crippen LogP contribution in [0.1, 0.15) is 35.8 Å². The number of methoxy groups -OCH3 is 1. The number of thiazole rings is 1. The van der Waals surface area contributed by atoms with E-state index in [-0.39, 0.29) is 29.2 Å². The highest BCUT2D eigenvalue weighted by atomic mass is 32.1. The van der Waals surface area contributed by atoms with Crippen LogP contribution in [0.25, 0.3) is 0 Å². The monoisotopic (exact) mass is 453 g/mol. The molecule has 10 heteroatoms. The minimum Gasteiger partial charge on any atom is -0.497 e. The van der Waals surface area contributed by atoms with E-state index >= 15 is 0 Å². The van der Waals surface area contributed by atoms with Gasteiger partial charge >= 0.3 is 6.36 Å². The summed E-state index contributed by atoms with van der Waals surface area (Å²) in [7, 11) is 1.33. The molecule has 0 N–H and O–H groups in total. The van der Waals surface area contributed by atoms with Crippen LogP contribution < -0.4 is 14.4 Å². The second-order valence-electron chi connectivity index (χ2n) is 7.30. The average molecular weight is 453 g/mol. The molecule has 1 aromatic heterocycles. The lowest BCUT2D eigenvalue weighted by Gasteiger charge is -2.30. The molecule has 1 aromatic carbocycles. The number of ether oxygens (including phenoxy) is 2. The van der Waals surface area contributed by atoms with E-state index in [1.54, 1.807) is 5.38 Å². The summed E-state index contributed by atoms with van der Waals surface area (Å²) in [5.41, 5.74) is 0.372. The number of carbonyl (C=O) groups is 1. The van der Waals surface area contributed by atoms with Crippen molar-refractivity contribution < 1.29 is 27.4 Å². The molecule has 0 spiro atoms. The maximum atomic E-state index is 13.4. The molecular weight excluding hydrogens is 431 g/mol. The van der Waals surface area contributed by atoms with Gasteiger partial charge in [0.25, 0.3) is 5.91 Å². The van der Waals surface area contributed by atoms with Crippen molar-refractivity contribution in [2.45, 2.75) is 38.7 Å². The zero-order valence-corrected chi connectivity index (χ0v) is 18.1. The number of benzene rings is 1. The first-order chi connectivity index (χ1) is 14.6. The summed E-state index contributed by atoms with van der Waals surface area (Å²) in [4.78, 5) is 21.2. The fourth-order valence-corrected chi connectivity index (χ4v) is 4.11. The van der Waals surface area contributed by atoms with E-state index in [2.05, 4.69) is 34.4 Å². The Morgan fingerprint density at radius 2 is 2.06 bits per heavy atom. The van der Waals surface area contributed by atoms with Crippen LogP contribution in [-0.2, 0) is 0 Å². The van der Waals surface area contributed by atoms with E-state index in [1.165, 1.54) is 24.1 Å². The van der Waals surface area contributed by atoms with Gasteiger partial charge in [0.2, 0.25) is 0 Å². The molecule has 1 atom stereocenters. The summed E-state index contributed by atoms with van der Waals surface area (Å²) in [6.07, 6.45) is 1.14. The smallest absolute Gasteiger partial charge is 0.497 e. The molecule has 31 heavy (non-hydrogen) atoms. The van der Waals surface area contributed by atoms with Crippen molar-refractivity contribution in [1.29, 1.82) is 0 Å². The molecule has 0 saturated carbocycles. The van der Waals surface area contributed by atoms with Crippen molar-refractivity contribution in [2.24, 2.45) is 0 Å². The number of hydrogen-bond donors (Lipinski definition) is 0.